The maximum absolute atomic E-state index is 12.7. The largest absolute Gasteiger partial charge is 0.467 e. The molecule has 2 aromatic rings. The van der Waals surface area contributed by atoms with Gasteiger partial charge in [0.2, 0.25) is 11.8 Å². The molecule has 2 rings (SSSR count). The highest BCUT2D eigenvalue weighted by atomic mass is 16.3. The van der Waals surface area contributed by atoms with Crippen molar-refractivity contribution in [1.82, 2.24) is 9.80 Å². The standard InChI is InChI=1S/C20H26N2O3/c1-16(2)22(14-18-8-5-4-6-9-18)20(24)11-12-21(17(3)23)15-19-10-7-13-25-19/h4-10,13,16H,11-12,14-15H2,1-3H3. The van der Waals surface area contributed by atoms with Gasteiger partial charge in [0.05, 0.1) is 12.8 Å². The molecular formula is C20H26N2O3. The van der Waals surface area contributed by atoms with Crippen LogP contribution in [-0.2, 0) is 22.7 Å². The summed E-state index contributed by atoms with van der Waals surface area (Å²) in [5.41, 5.74) is 1.10. The summed E-state index contributed by atoms with van der Waals surface area (Å²) in [6.07, 6.45) is 1.88. The number of amides is 2. The van der Waals surface area contributed by atoms with Crippen molar-refractivity contribution >= 4 is 11.8 Å². The molecule has 5 heteroatoms. The first-order valence-corrected chi connectivity index (χ1v) is 8.58. The van der Waals surface area contributed by atoms with Crippen molar-refractivity contribution in [3.8, 4) is 0 Å². The van der Waals surface area contributed by atoms with Crippen molar-refractivity contribution in [2.45, 2.75) is 46.3 Å². The van der Waals surface area contributed by atoms with Gasteiger partial charge in [-0.05, 0) is 31.5 Å². The molecule has 1 aromatic heterocycles. The molecule has 0 unspecified atom stereocenters. The van der Waals surface area contributed by atoms with Crippen LogP contribution in [0.15, 0.2) is 53.1 Å². The minimum absolute atomic E-state index is 0.0459. The second-order valence-corrected chi connectivity index (χ2v) is 6.37. The Balaban J connectivity index is 1.95. The van der Waals surface area contributed by atoms with Crippen LogP contribution >= 0.6 is 0 Å². The Kier molecular flexibility index (Phi) is 6.81. The predicted molar refractivity (Wildman–Crippen MR) is 96.5 cm³/mol. The molecule has 0 bridgehead atoms. The Morgan fingerprint density at radius 2 is 1.76 bits per heavy atom. The van der Waals surface area contributed by atoms with Crippen LogP contribution in [0.3, 0.4) is 0 Å². The van der Waals surface area contributed by atoms with Crippen LogP contribution in [0, 0.1) is 0 Å². The lowest BCUT2D eigenvalue weighted by molar-refractivity contribution is -0.135. The van der Waals surface area contributed by atoms with Crippen molar-refractivity contribution in [2.24, 2.45) is 0 Å². The van der Waals surface area contributed by atoms with Crippen molar-refractivity contribution in [3.63, 3.8) is 0 Å². The summed E-state index contributed by atoms with van der Waals surface area (Å²) in [4.78, 5) is 28.0. The van der Waals surface area contributed by atoms with Gasteiger partial charge in [0, 0.05) is 32.5 Å². The smallest absolute Gasteiger partial charge is 0.224 e. The number of carbonyl (C=O) groups is 2. The summed E-state index contributed by atoms with van der Waals surface area (Å²) >= 11 is 0. The highest BCUT2D eigenvalue weighted by molar-refractivity contribution is 5.78. The van der Waals surface area contributed by atoms with Crippen LogP contribution in [-0.4, -0.2) is 34.2 Å². The van der Waals surface area contributed by atoms with E-state index in [2.05, 4.69) is 0 Å². The molecule has 25 heavy (non-hydrogen) atoms. The fraction of sp³-hybridized carbons (Fsp3) is 0.400. The zero-order chi connectivity index (χ0) is 18.2. The minimum Gasteiger partial charge on any atom is -0.467 e. The summed E-state index contributed by atoms with van der Waals surface area (Å²) in [5, 5.41) is 0. The predicted octanol–water partition coefficient (Wildman–Crippen LogP) is 3.46. The average molecular weight is 342 g/mol. The highest BCUT2D eigenvalue weighted by Crippen LogP contribution is 2.12. The minimum atomic E-state index is -0.0663. The van der Waals surface area contributed by atoms with Crippen LogP contribution in [0.1, 0.15) is 38.5 Å². The fourth-order valence-corrected chi connectivity index (χ4v) is 2.65. The number of hydrogen-bond acceptors (Lipinski definition) is 3. The summed E-state index contributed by atoms with van der Waals surface area (Å²) < 4.78 is 5.30. The lowest BCUT2D eigenvalue weighted by Crippen LogP contribution is -2.39. The summed E-state index contributed by atoms with van der Waals surface area (Å²) in [6.45, 7) is 6.87. The van der Waals surface area contributed by atoms with E-state index in [0.717, 1.165) is 5.56 Å². The Morgan fingerprint density at radius 1 is 1.04 bits per heavy atom. The maximum atomic E-state index is 12.7. The average Bonchev–Trinajstić information content (AvgIpc) is 3.09. The van der Waals surface area contributed by atoms with Crippen LogP contribution in [0.25, 0.3) is 0 Å². The molecule has 0 saturated heterocycles. The first kappa shape index (κ1) is 18.8. The molecule has 0 saturated carbocycles. The monoisotopic (exact) mass is 342 g/mol. The van der Waals surface area contributed by atoms with Crippen LogP contribution in [0.4, 0.5) is 0 Å². The Morgan fingerprint density at radius 3 is 2.32 bits per heavy atom. The lowest BCUT2D eigenvalue weighted by atomic mass is 10.1. The van der Waals surface area contributed by atoms with E-state index in [-0.39, 0.29) is 17.9 Å². The molecule has 0 atom stereocenters. The molecule has 0 N–H and O–H groups in total. The van der Waals surface area contributed by atoms with E-state index in [9.17, 15) is 9.59 Å². The van der Waals surface area contributed by atoms with Gasteiger partial charge in [0.15, 0.2) is 0 Å². The Bertz CT molecular complexity index is 666. The van der Waals surface area contributed by atoms with Crippen LogP contribution < -0.4 is 0 Å². The Labute approximate surface area is 149 Å². The van der Waals surface area contributed by atoms with Crippen molar-refractivity contribution in [3.05, 3.63) is 60.1 Å². The molecule has 134 valence electrons. The van der Waals surface area contributed by atoms with E-state index in [4.69, 9.17) is 4.42 Å². The van der Waals surface area contributed by atoms with Crippen LogP contribution in [0.2, 0.25) is 0 Å². The maximum Gasteiger partial charge on any atom is 0.224 e. The third-order valence-electron chi connectivity index (χ3n) is 4.11. The molecule has 0 fully saturated rings. The Hall–Kier alpha value is -2.56. The van der Waals surface area contributed by atoms with Gasteiger partial charge in [0.25, 0.3) is 0 Å². The zero-order valence-corrected chi connectivity index (χ0v) is 15.1. The van der Waals surface area contributed by atoms with Crippen LogP contribution in [0.5, 0.6) is 0 Å². The number of hydrogen-bond donors (Lipinski definition) is 0. The summed E-state index contributed by atoms with van der Waals surface area (Å²) in [7, 11) is 0. The summed E-state index contributed by atoms with van der Waals surface area (Å²) in [6, 6.07) is 13.7. The van der Waals surface area contributed by atoms with Gasteiger partial charge < -0.3 is 14.2 Å². The number of benzene rings is 1. The van der Waals surface area contributed by atoms with Gasteiger partial charge in [-0.15, -0.1) is 0 Å². The molecule has 5 nitrogen and oxygen atoms in total. The third-order valence-corrected chi connectivity index (χ3v) is 4.11. The third kappa shape index (κ3) is 5.78. The van der Waals surface area contributed by atoms with Gasteiger partial charge in [0.1, 0.15) is 5.76 Å². The molecule has 0 aliphatic rings. The molecule has 0 spiro atoms. The number of carbonyl (C=O) groups excluding carboxylic acids is 2. The van der Waals surface area contributed by atoms with E-state index in [1.54, 1.807) is 17.2 Å². The van der Waals surface area contributed by atoms with Gasteiger partial charge in [-0.3, -0.25) is 9.59 Å². The number of nitrogens with zero attached hydrogens (tertiary/aromatic N) is 2. The quantitative estimate of drug-likeness (QED) is 0.738. The number of rotatable bonds is 8. The van der Waals surface area contributed by atoms with Crippen molar-refractivity contribution in [1.29, 1.82) is 0 Å². The highest BCUT2D eigenvalue weighted by Gasteiger charge is 2.19. The topological polar surface area (TPSA) is 53.8 Å². The SMILES string of the molecule is CC(=O)N(CCC(=O)N(Cc1ccccc1)C(C)C)Cc1ccco1. The first-order valence-electron chi connectivity index (χ1n) is 8.58. The first-order chi connectivity index (χ1) is 12.0. The van der Waals surface area contributed by atoms with Gasteiger partial charge in [-0.25, -0.2) is 0 Å². The molecule has 2 amide bonds. The van der Waals surface area contributed by atoms with Crippen molar-refractivity contribution in [2.75, 3.05) is 6.54 Å². The second-order valence-electron chi connectivity index (χ2n) is 6.37. The summed E-state index contributed by atoms with van der Waals surface area (Å²) in [5.74, 6) is 0.695. The zero-order valence-electron chi connectivity index (χ0n) is 15.1. The second kappa shape index (κ2) is 9.06. The molecule has 0 aliphatic carbocycles. The number of furan rings is 1. The molecule has 1 aromatic carbocycles. The molecule has 0 radical (unpaired) electrons. The van der Waals surface area contributed by atoms with Gasteiger partial charge in [-0.2, -0.15) is 0 Å². The van der Waals surface area contributed by atoms with E-state index in [1.165, 1.54) is 6.92 Å². The van der Waals surface area contributed by atoms with E-state index < -0.39 is 0 Å². The van der Waals surface area contributed by atoms with E-state index in [1.807, 2.05) is 55.1 Å². The van der Waals surface area contributed by atoms with E-state index >= 15 is 0 Å². The fourth-order valence-electron chi connectivity index (χ4n) is 2.65. The molecular weight excluding hydrogens is 316 g/mol. The van der Waals surface area contributed by atoms with E-state index in [0.29, 0.717) is 31.8 Å². The van der Waals surface area contributed by atoms with Gasteiger partial charge in [-0.1, -0.05) is 30.3 Å². The normalized spacial score (nSPS) is 10.7. The lowest BCUT2D eigenvalue weighted by Gasteiger charge is -2.28. The van der Waals surface area contributed by atoms with Crippen molar-refractivity contribution < 1.29 is 14.0 Å². The van der Waals surface area contributed by atoms with Gasteiger partial charge >= 0.3 is 0 Å². The molecule has 1 heterocycles. The molecule has 0 aliphatic heterocycles.